The van der Waals surface area contributed by atoms with Crippen LogP contribution in [-0.2, 0) is 10.0 Å². The number of anilines is 1. The first-order chi connectivity index (χ1) is 15.9. The number of benzene rings is 3. The van der Waals surface area contributed by atoms with E-state index in [1.165, 1.54) is 39.9 Å². The zero-order chi connectivity index (χ0) is 23.8. The third-order valence-corrected chi connectivity index (χ3v) is 7.48. The monoisotopic (exact) mass is 471 g/mol. The molecular weight excluding hydrogens is 446 g/mol. The zero-order valence-electron chi connectivity index (χ0n) is 19.0. The average Bonchev–Trinajstić information content (AvgIpc) is 3.09. The lowest BCUT2D eigenvalue weighted by atomic mass is 9.97. The molecule has 33 heavy (non-hydrogen) atoms. The van der Waals surface area contributed by atoms with Crippen LogP contribution in [0.2, 0.25) is 0 Å². The van der Waals surface area contributed by atoms with Crippen LogP contribution in [0.3, 0.4) is 0 Å². The second-order valence-electron chi connectivity index (χ2n) is 7.24. The minimum Gasteiger partial charge on any atom is -0.493 e. The summed E-state index contributed by atoms with van der Waals surface area (Å²) in [5, 5.41) is 0. The Bertz CT molecular complexity index is 1260. The molecule has 3 aromatic rings. The highest BCUT2D eigenvalue weighted by Gasteiger charge is 2.44. The number of fused-ring (bicyclic) bond motifs is 1. The molecule has 0 N–H and O–H groups in total. The van der Waals surface area contributed by atoms with Gasteiger partial charge in [-0.15, -0.1) is 0 Å². The molecular formula is C24H25NO7S. The smallest absolute Gasteiger partial charge is 0.265 e. The summed E-state index contributed by atoms with van der Waals surface area (Å²) in [6.07, 6.45) is 0. The summed E-state index contributed by atoms with van der Waals surface area (Å²) in [5.41, 5.74) is 1.73. The van der Waals surface area contributed by atoms with Crippen molar-refractivity contribution in [3.8, 4) is 28.7 Å². The molecule has 0 spiro atoms. The highest BCUT2D eigenvalue weighted by molar-refractivity contribution is 7.93. The van der Waals surface area contributed by atoms with Crippen molar-refractivity contribution >= 4 is 15.7 Å². The Balaban J connectivity index is 1.99. The maximum atomic E-state index is 13.7. The largest absolute Gasteiger partial charge is 0.493 e. The van der Waals surface area contributed by atoms with E-state index < -0.39 is 16.1 Å². The van der Waals surface area contributed by atoms with E-state index in [0.717, 1.165) is 0 Å². The van der Waals surface area contributed by atoms with Gasteiger partial charge in [-0.05, 0) is 35.9 Å². The first kappa shape index (κ1) is 22.6. The van der Waals surface area contributed by atoms with Gasteiger partial charge >= 0.3 is 0 Å². The van der Waals surface area contributed by atoms with E-state index in [1.807, 2.05) is 12.1 Å². The van der Waals surface area contributed by atoms with Crippen molar-refractivity contribution in [3.63, 3.8) is 0 Å². The van der Waals surface area contributed by atoms with E-state index in [2.05, 4.69) is 0 Å². The third kappa shape index (κ3) is 3.58. The molecule has 3 aromatic carbocycles. The highest BCUT2D eigenvalue weighted by atomic mass is 32.2. The second kappa shape index (κ2) is 8.74. The van der Waals surface area contributed by atoms with Crippen LogP contribution in [-0.4, -0.2) is 44.0 Å². The fraction of sp³-hybridized carbons (Fsp3) is 0.250. The van der Waals surface area contributed by atoms with Gasteiger partial charge in [0.1, 0.15) is 0 Å². The fourth-order valence-corrected chi connectivity index (χ4v) is 5.98. The average molecular weight is 472 g/mol. The summed E-state index contributed by atoms with van der Waals surface area (Å²) in [5.74, 6) is 2.21. The predicted molar refractivity (Wildman–Crippen MR) is 124 cm³/mol. The lowest BCUT2D eigenvalue weighted by Crippen LogP contribution is -2.29. The van der Waals surface area contributed by atoms with Crippen LogP contribution in [0, 0.1) is 0 Å². The van der Waals surface area contributed by atoms with Crippen LogP contribution in [0.25, 0.3) is 0 Å². The van der Waals surface area contributed by atoms with Gasteiger partial charge in [-0.3, -0.25) is 4.31 Å². The molecule has 8 nitrogen and oxygen atoms in total. The molecule has 0 amide bonds. The molecule has 1 aliphatic rings. The quantitative estimate of drug-likeness (QED) is 0.514. The first-order valence-electron chi connectivity index (χ1n) is 10.1. The number of hydrogen-bond acceptors (Lipinski definition) is 7. The number of methoxy groups -OCH3 is 5. The van der Waals surface area contributed by atoms with Gasteiger partial charge in [-0.1, -0.05) is 18.2 Å². The Kier molecular flexibility index (Phi) is 5.99. The van der Waals surface area contributed by atoms with Crippen LogP contribution in [0.1, 0.15) is 17.2 Å². The first-order valence-corrected chi connectivity index (χ1v) is 11.5. The van der Waals surface area contributed by atoms with Gasteiger partial charge in [-0.25, -0.2) is 8.42 Å². The molecule has 1 heterocycles. The van der Waals surface area contributed by atoms with Crippen molar-refractivity contribution in [1.29, 1.82) is 0 Å². The second-order valence-corrected chi connectivity index (χ2v) is 9.02. The van der Waals surface area contributed by atoms with E-state index >= 15 is 0 Å². The van der Waals surface area contributed by atoms with Gasteiger partial charge in [-0.2, -0.15) is 0 Å². The number of hydrogen-bond donors (Lipinski definition) is 0. The number of nitrogens with zero attached hydrogens (tertiary/aromatic N) is 1. The summed E-state index contributed by atoms with van der Waals surface area (Å²) in [7, 11) is 3.72. The molecule has 0 saturated heterocycles. The standard InChI is InChI=1S/C24H25NO7S/c1-28-18-11-10-16(14-19(18)29-2)25-23(17-8-6-7-9-22(17)33(25,26)27)15-12-20(30-3)24(32-5)21(13-15)31-4/h6-14,23H,1-5H3. The van der Waals surface area contributed by atoms with Crippen molar-refractivity contribution in [2.75, 3.05) is 39.9 Å². The molecule has 174 valence electrons. The van der Waals surface area contributed by atoms with Crippen molar-refractivity contribution in [3.05, 3.63) is 65.7 Å². The van der Waals surface area contributed by atoms with Crippen molar-refractivity contribution in [1.82, 2.24) is 0 Å². The van der Waals surface area contributed by atoms with E-state index in [1.54, 1.807) is 42.5 Å². The zero-order valence-corrected chi connectivity index (χ0v) is 19.8. The van der Waals surface area contributed by atoms with Crippen LogP contribution in [0.5, 0.6) is 28.7 Å². The Morgan fingerprint density at radius 1 is 0.697 bits per heavy atom. The summed E-state index contributed by atoms with van der Waals surface area (Å²) in [6.45, 7) is 0. The van der Waals surface area contributed by atoms with Gasteiger partial charge in [0.05, 0.1) is 52.2 Å². The molecule has 9 heteroatoms. The number of rotatable bonds is 7. The van der Waals surface area contributed by atoms with Gasteiger partial charge < -0.3 is 23.7 Å². The number of sulfonamides is 1. The van der Waals surface area contributed by atoms with Crippen molar-refractivity contribution in [2.45, 2.75) is 10.9 Å². The Labute approximate surface area is 193 Å². The maximum Gasteiger partial charge on any atom is 0.265 e. The van der Waals surface area contributed by atoms with Gasteiger partial charge in [0.15, 0.2) is 23.0 Å². The Morgan fingerprint density at radius 2 is 1.30 bits per heavy atom. The van der Waals surface area contributed by atoms with Crippen LogP contribution in [0.15, 0.2) is 59.5 Å². The molecule has 0 saturated carbocycles. The van der Waals surface area contributed by atoms with Crippen LogP contribution < -0.4 is 28.0 Å². The van der Waals surface area contributed by atoms with E-state index in [0.29, 0.717) is 45.6 Å². The third-order valence-electron chi connectivity index (χ3n) is 5.61. The lowest BCUT2D eigenvalue weighted by Gasteiger charge is -2.27. The normalized spacial score (nSPS) is 16.2. The van der Waals surface area contributed by atoms with Gasteiger partial charge in [0.2, 0.25) is 5.75 Å². The lowest BCUT2D eigenvalue weighted by molar-refractivity contribution is 0.323. The number of ether oxygens (including phenoxy) is 5. The topological polar surface area (TPSA) is 83.5 Å². The van der Waals surface area contributed by atoms with Crippen molar-refractivity contribution in [2.24, 2.45) is 0 Å². The van der Waals surface area contributed by atoms with Gasteiger partial charge in [0.25, 0.3) is 10.0 Å². The van der Waals surface area contributed by atoms with E-state index in [4.69, 9.17) is 23.7 Å². The molecule has 1 atom stereocenters. The fourth-order valence-electron chi connectivity index (χ4n) is 4.14. The summed E-state index contributed by atoms with van der Waals surface area (Å²) < 4.78 is 56.0. The van der Waals surface area contributed by atoms with E-state index in [-0.39, 0.29) is 4.90 Å². The van der Waals surface area contributed by atoms with Crippen molar-refractivity contribution < 1.29 is 32.1 Å². The maximum absolute atomic E-state index is 13.7. The summed E-state index contributed by atoms with van der Waals surface area (Å²) in [4.78, 5) is 0.235. The summed E-state index contributed by atoms with van der Waals surface area (Å²) >= 11 is 0. The van der Waals surface area contributed by atoms with Gasteiger partial charge in [0, 0.05) is 11.6 Å². The molecule has 1 unspecified atom stereocenters. The Hall–Kier alpha value is -3.59. The molecule has 0 bridgehead atoms. The van der Waals surface area contributed by atoms with Crippen LogP contribution in [0.4, 0.5) is 5.69 Å². The highest BCUT2D eigenvalue weighted by Crippen LogP contribution is 2.50. The predicted octanol–water partition coefficient (Wildman–Crippen LogP) is 4.03. The minimum atomic E-state index is -3.87. The Morgan fingerprint density at radius 3 is 1.88 bits per heavy atom. The SMILES string of the molecule is COc1ccc(N2C(c3cc(OC)c(OC)c(OC)c3)c3ccccc3S2(=O)=O)cc1OC. The molecule has 0 aliphatic carbocycles. The molecule has 1 aliphatic heterocycles. The molecule has 0 fully saturated rings. The summed E-state index contributed by atoms with van der Waals surface area (Å²) in [6, 6.07) is 14.8. The van der Waals surface area contributed by atoms with Crippen LogP contribution >= 0.6 is 0 Å². The minimum absolute atomic E-state index is 0.235. The molecule has 0 radical (unpaired) electrons. The molecule has 4 rings (SSSR count). The molecule has 0 aromatic heterocycles. The van der Waals surface area contributed by atoms with E-state index in [9.17, 15) is 8.42 Å².